The van der Waals surface area contributed by atoms with E-state index < -0.39 is 28.5 Å². The highest BCUT2D eigenvalue weighted by Gasteiger charge is 2.33. The van der Waals surface area contributed by atoms with Crippen molar-refractivity contribution in [2.45, 2.75) is 58.0 Å². The van der Waals surface area contributed by atoms with E-state index in [4.69, 9.17) is 4.74 Å². The van der Waals surface area contributed by atoms with Gasteiger partial charge in [-0.2, -0.15) is 0 Å². The molecular formula is C31H39N3O5S. The number of carbonyl (C=O) groups is 2. The van der Waals surface area contributed by atoms with Crippen LogP contribution in [0.1, 0.15) is 44.7 Å². The molecule has 0 aromatic heterocycles. The highest BCUT2D eigenvalue weighted by atomic mass is 32.2. The van der Waals surface area contributed by atoms with Gasteiger partial charge in [-0.25, -0.2) is 8.42 Å². The molecule has 0 saturated carbocycles. The van der Waals surface area contributed by atoms with E-state index in [0.29, 0.717) is 31.0 Å². The predicted octanol–water partition coefficient (Wildman–Crippen LogP) is 4.92. The van der Waals surface area contributed by atoms with Gasteiger partial charge in [0.25, 0.3) is 10.0 Å². The molecule has 1 N–H and O–H groups in total. The number of carbonyl (C=O) groups excluding carboxylic acids is 2. The number of nitrogens with zero attached hydrogens (tertiary/aromatic N) is 2. The average molecular weight is 566 g/mol. The van der Waals surface area contributed by atoms with Crippen molar-refractivity contribution >= 4 is 27.5 Å². The molecule has 9 heteroatoms. The molecule has 0 spiro atoms. The van der Waals surface area contributed by atoms with Crippen LogP contribution in [0.15, 0.2) is 83.8 Å². The number of nitrogens with one attached hydrogen (secondary N) is 1. The number of rotatable bonds is 14. The van der Waals surface area contributed by atoms with Gasteiger partial charge in [-0.05, 0) is 68.7 Å². The summed E-state index contributed by atoms with van der Waals surface area (Å²) in [7, 11) is -4.13. The minimum Gasteiger partial charge on any atom is -0.494 e. The summed E-state index contributed by atoms with van der Waals surface area (Å²) in [5.74, 6) is -0.181. The number of sulfonamides is 1. The van der Waals surface area contributed by atoms with Crippen LogP contribution < -0.4 is 14.4 Å². The van der Waals surface area contributed by atoms with E-state index in [1.807, 2.05) is 52.0 Å². The third-order valence-corrected chi connectivity index (χ3v) is 8.24. The van der Waals surface area contributed by atoms with Gasteiger partial charge in [0.15, 0.2) is 0 Å². The summed E-state index contributed by atoms with van der Waals surface area (Å²) >= 11 is 0. The van der Waals surface area contributed by atoms with Gasteiger partial charge in [0.2, 0.25) is 11.8 Å². The van der Waals surface area contributed by atoms with Gasteiger partial charge in [-0.3, -0.25) is 13.9 Å². The molecule has 0 aliphatic heterocycles. The second-order valence-corrected chi connectivity index (χ2v) is 11.3. The SMILES string of the molecule is CCCNC(=O)[C@H](CC)N(Cc1ccc(C)cc1)C(=O)CN(c1ccccc1)S(=O)(=O)c1ccc(OCC)cc1. The Kier molecular flexibility index (Phi) is 11.1. The largest absolute Gasteiger partial charge is 0.494 e. The molecule has 214 valence electrons. The van der Waals surface area contributed by atoms with Crippen LogP contribution in [0.25, 0.3) is 0 Å². The summed E-state index contributed by atoms with van der Waals surface area (Å²) in [6, 6.07) is 21.6. The van der Waals surface area contributed by atoms with Gasteiger partial charge >= 0.3 is 0 Å². The van der Waals surface area contributed by atoms with Crippen molar-refractivity contribution < 1.29 is 22.7 Å². The zero-order valence-corrected chi connectivity index (χ0v) is 24.5. The van der Waals surface area contributed by atoms with E-state index in [1.165, 1.54) is 17.0 Å². The van der Waals surface area contributed by atoms with Crippen molar-refractivity contribution in [2.24, 2.45) is 0 Å². The monoisotopic (exact) mass is 565 g/mol. The third kappa shape index (κ3) is 7.85. The molecule has 3 aromatic rings. The minimum absolute atomic E-state index is 0.0328. The fraction of sp³-hybridized carbons (Fsp3) is 0.355. The van der Waals surface area contributed by atoms with Crippen LogP contribution >= 0.6 is 0 Å². The Labute approximate surface area is 238 Å². The lowest BCUT2D eigenvalue weighted by Gasteiger charge is -2.33. The Hall–Kier alpha value is -3.85. The van der Waals surface area contributed by atoms with Crippen molar-refractivity contribution in [3.05, 3.63) is 90.0 Å². The fourth-order valence-corrected chi connectivity index (χ4v) is 5.71. The predicted molar refractivity (Wildman–Crippen MR) is 158 cm³/mol. The second-order valence-electron chi connectivity index (χ2n) is 9.47. The maximum Gasteiger partial charge on any atom is 0.264 e. The Bertz CT molecular complexity index is 1340. The first-order chi connectivity index (χ1) is 19.2. The molecule has 0 heterocycles. The number of anilines is 1. The lowest BCUT2D eigenvalue weighted by molar-refractivity contribution is -0.140. The van der Waals surface area contributed by atoms with Crippen LogP contribution in [-0.2, 0) is 26.2 Å². The van der Waals surface area contributed by atoms with Crippen molar-refractivity contribution in [2.75, 3.05) is 24.0 Å². The molecule has 0 aliphatic carbocycles. The normalized spacial score (nSPS) is 11.9. The molecule has 0 radical (unpaired) electrons. The molecule has 1 atom stereocenters. The highest BCUT2D eigenvalue weighted by molar-refractivity contribution is 7.92. The standard InChI is InChI=1S/C31H39N3O5S/c1-5-21-32-31(36)29(6-2)33(22-25-15-13-24(4)14-16-25)30(35)23-34(26-11-9-8-10-12-26)40(37,38)28-19-17-27(18-20-28)39-7-3/h8-20,29H,5-7,21-23H2,1-4H3,(H,32,36)/t29-/m0/s1. The first-order valence-corrected chi connectivity index (χ1v) is 15.1. The summed E-state index contributed by atoms with van der Waals surface area (Å²) in [6.45, 7) is 8.27. The van der Waals surface area contributed by atoms with Crippen molar-refractivity contribution in [1.82, 2.24) is 10.2 Å². The van der Waals surface area contributed by atoms with Gasteiger partial charge in [0, 0.05) is 13.1 Å². The van der Waals surface area contributed by atoms with Crippen LogP contribution in [-0.4, -0.2) is 50.9 Å². The second kappa shape index (κ2) is 14.5. The topological polar surface area (TPSA) is 96.0 Å². The van der Waals surface area contributed by atoms with Gasteiger partial charge in [0.1, 0.15) is 18.3 Å². The van der Waals surface area contributed by atoms with Crippen molar-refractivity contribution in [3.63, 3.8) is 0 Å². The molecular weight excluding hydrogens is 526 g/mol. The number of amides is 2. The summed E-state index contributed by atoms with van der Waals surface area (Å²) in [4.78, 5) is 28.7. The average Bonchev–Trinajstić information content (AvgIpc) is 2.96. The first kappa shape index (κ1) is 30.7. The lowest BCUT2D eigenvalue weighted by Crippen LogP contribution is -2.52. The molecule has 40 heavy (non-hydrogen) atoms. The first-order valence-electron chi connectivity index (χ1n) is 13.6. The molecule has 2 amide bonds. The van der Waals surface area contributed by atoms with E-state index in [-0.39, 0.29) is 17.3 Å². The fourth-order valence-electron chi connectivity index (χ4n) is 4.30. The van der Waals surface area contributed by atoms with E-state index >= 15 is 0 Å². The quantitative estimate of drug-likeness (QED) is 0.299. The van der Waals surface area contributed by atoms with E-state index in [0.717, 1.165) is 21.9 Å². The molecule has 0 saturated heterocycles. The Balaban J connectivity index is 2.01. The maximum atomic E-state index is 14.0. The van der Waals surface area contributed by atoms with Crippen LogP contribution in [0.4, 0.5) is 5.69 Å². The number of hydrogen-bond acceptors (Lipinski definition) is 5. The van der Waals surface area contributed by atoms with Gasteiger partial charge < -0.3 is 15.0 Å². The minimum atomic E-state index is -4.13. The summed E-state index contributed by atoms with van der Waals surface area (Å²) < 4.78 is 34.4. The van der Waals surface area contributed by atoms with Crippen LogP contribution in [0.2, 0.25) is 0 Å². The molecule has 3 rings (SSSR count). The molecule has 0 aliphatic rings. The number of ether oxygens (including phenoxy) is 1. The Morgan fingerprint density at radius 1 is 0.900 bits per heavy atom. The van der Waals surface area contributed by atoms with Gasteiger partial charge in [0.05, 0.1) is 17.2 Å². The molecule has 8 nitrogen and oxygen atoms in total. The summed E-state index contributed by atoms with van der Waals surface area (Å²) in [6.07, 6.45) is 1.14. The number of aryl methyl sites for hydroxylation is 1. The highest BCUT2D eigenvalue weighted by Crippen LogP contribution is 2.26. The van der Waals surface area contributed by atoms with E-state index in [2.05, 4.69) is 5.32 Å². The third-order valence-electron chi connectivity index (χ3n) is 6.45. The smallest absolute Gasteiger partial charge is 0.264 e. The van der Waals surface area contributed by atoms with Gasteiger partial charge in [-0.1, -0.05) is 61.9 Å². The summed E-state index contributed by atoms with van der Waals surface area (Å²) in [5.41, 5.74) is 2.27. The lowest BCUT2D eigenvalue weighted by atomic mass is 10.1. The number of para-hydroxylation sites is 1. The molecule has 3 aromatic carbocycles. The van der Waals surface area contributed by atoms with Crippen LogP contribution in [0.5, 0.6) is 5.75 Å². The Morgan fingerprint density at radius 2 is 1.55 bits per heavy atom. The Morgan fingerprint density at radius 3 is 2.12 bits per heavy atom. The van der Waals surface area contributed by atoms with Gasteiger partial charge in [-0.15, -0.1) is 0 Å². The van der Waals surface area contributed by atoms with Crippen LogP contribution in [0, 0.1) is 6.92 Å². The zero-order valence-electron chi connectivity index (χ0n) is 23.7. The van der Waals surface area contributed by atoms with Crippen LogP contribution in [0.3, 0.4) is 0 Å². The number of hydrogen-bond donors (Lipinski definition) is 1. The molecule has 0 bridgehead atoms. The number of benzene rings is 3. The van der Waals surface area contributed by atoms with E-state index in [9.17, 15) is 18.0 Å². The van der Waals surface area contributed by atoms with E-state index in [1.54, 1.807) is 42.5 Å². The maximum absolute atomic E-state index is 14.0. The summed E-state index contributed by atoms with van der Waals surface area (Å²) in [5, 5.41) is 2.89. The van der Waals surface area contributed by atoms with Crippen molar-refractivity contribution in [3.8, 4) is 5.75 Å². The molecule has 0 fully saturated rings. The van der Waals surface area contributed by atoms with Crippen molar-refractivity contribution in [1.29, 1.82) is 0 Å². The zero-order chi connectivity index (χ0) is 29.1. The molecule has 0 unspecified atom stereocenters.